The van der Waals surface area contributed by atoms with E-state index in [0.717, 1.165) is 44.9 Å². The molecule has 1 unspecified atom stereocenters. The lowest BCUT2D eigenvalue weighted by Gasteiger charge is -2.18. The summed E-state index contributed by atoms with van der Waals surface area (Å²) in [6, 6.07) is 0. The van der Waals surface area contributed by atoms with Crippen molar-refractivity contribution in [2.24, 2.45) is 0 Å². The Morgan fingerprint density at radius 3 is 1.32 bits per heavy atom. The molecule has 0 spiro atoms. The zero-order chi connectivity index (χ0) is 43.0. The Bertz CT molecular complexity index is 1390. The topological polar surface area (TPSA) is 78.9 Å². The maximum absolute atomic E-state index is 12.7. The minimum atomic E-state index is -0.860. The van der Waals surface area contributed by atoms with E-state index in [2.05, 4.69) is 57.2 Å². The average molecular weight is 811 g/mol. The van der Waals surface area contributed by atoms with Crippen LogP contribution in [0.3, 0.4) is 0 Å². The van der Waals surface area contributed by atoms with E-state index in [1.165, 1.54) is 38.5 Å². The van der Waals surface area contributed by atoms with Crippen LogP contribution in [0.1, 0.15) is 149 Å². The highest BCUT2D eigenvalue weighted by Crippen LogP contribution is 2.10. The number of ether oxygens (including phenoxy) is 3. The van der Waals surface area contributed by atoms with Crippen molar-refractivity contribution in [3.05, 3.63) is 146 Å². The molecule has 0 aliphatic carbocycles. The number of carbonyl (C=O) groups is 3. The fraction of sp³-hybridized carbons (Fsp3) is 0.491. The SMILES string of the molecule is CC/C=C/C=C/C=C/C=C/C=C/CCCCCC(=O)OCC(COC(=O)CC/C=C/C/C=C/CCCCCCCC)OC(=O)CCC/C=C/C=C/C=C/C=C/C=C/CC. The van der Waals surface area contributed by atoms with Crippen LogP contribution < -0.4 is 0 Å². The van der Waals surface area contributed by atoms with Crippen LogP contribution in [-0.4, -0.2) is 37.2 Å². The quantitative estimate of drug-likeness (QED) is 0.0204. The molecule has 0 N–H and O–H groups in total. The van der Waals surface area contributed by atoms with Gasteiger partial charge >= 0.3 is 17.9 Å². The summed E-state index contributed by atoms with van der Waals surface area (Å²) in [5.74, 6) is -1.15. The fourth-order valence-corrected chi connectivity index (χ4v) is 5.25. The summed E-state index contributed by atoms with van der Waals surface area (Å²) in [4.78, 5) is 37.7. The standard InChI is InChI=1S/C53H78O6/c1-4-7-10-13-16-19-22-25-26-29-31-34-37-40-43-46-52(55)58-49-50(59-53(56)47-44-41-38-35-32-28-24-21-18-15-12-9-6-3)48-57-51(54)45-42-39-36-33-30-27-23-20-17-14-11-8-5-2/h7,9-10,12-13,15-16,18-19,21-22,24-32,35-36,38-39,50H,4-6,8,11,14,17,20,23,33-34,37,40-49H2,1-3H3/b10-7+,12-9+,16-13+,18-15+,22-19+,24-21+,26-25+,30-27+,31-29+,32-28+,38-35+,39-36+. The number of hydrogen-bond donors (Lipinski definition) is 0. The molecule has 0 bridgehead atoms. The van der Waals surface area contributed by atoms with Gasteiger partial charge in [0.05, 0.1) is 0 Å². The van der Waals surface area contributed by atoms with Gasteiger partial charge in [-0.2, -0.15) is 0 Å². The van der Waals surface area contributed by atoms with Crippen molar-refractivity contribution in [2.45, 2.75) is 155 Å². The molecule has 6 nitrogen and oxygen atoms in total. The molecule has 0 aromatic heterocycles. The molecule has 0 amide bonds. The van der Waals surface area contributed by atoms with E-state index in [-0.39, 0.29) is 44.4 Å². The Kier molecular flexibility index (Phi) is 42.3. The van der Waals surface area contributed by atoms with E-state index < -0.39 is 12.1 Å². The summed E-state index contributed by atoms with van der Waals surface area (Å²) in [6.07, 6.45) is 65.6. The lowest BCUT2D eigenvalue weighted by molar-refractivity contribution is -0.166. The maximum atomic E-state index is 12.7. The molecular formula is C53H78O6. The van der Waals surface area contributed by atoms with Gasteiger partial charge in [-0.25, -0.2) is 0 Å². The van der Waals surface area contributed by atoms with Crippen molar-refractivity contribution >= 4 is 17.9 Å². The molecule has 0 aliphatic rings. The lowest BCUT2D eigenvalue weighted by atomic mass is 10.1. The third-order valence-electron chi connectivity index (χ3n) is 8.58. The van der Waals surface area contributed by atoms with Crippen molar-refractivity contribution in [2.75, 3.05) is 13.2 Å². The number of allylic oxidation sites excluding steroid dienone is 24. The van der Waals surface area contributed by atoms with Gasteiger partial charge in [0, 0.05) is 19.3 Å². The zero-order valence-electron chi connectivity index (χ0n) is 36.9. The summed E-state index contributed by atoms with van der Waals surface area (Å²) in [5.41, 5.74) is 0. The van der Waals surface area contributed by atoms with Crippen LogP contribution >= 0.6 is 0 Å². The molecule has 0 heterocycles. The second-order valence-electron chi connectivity index (χ2n) is 14.1. The third kappa shape index (κ3) is 44.2. The highest BCUT2D eigenvalue weighted by molar-refractivity contribution is 5.71. The average Bonchev–Trinajstić information content (AvgIpc) is 3.23. The predicted molar refractivity (Wildman–Crippen MR) is 251 cm³/mol. The third-order valence-corrected chi connectivity index (χ3v) is 8.58. The Morgan fingerprint density at radius 1 is 0.373 bits per heavy atom. The van der Waals surface area contributed by atoms with Crippen LogP contribution in [0.15, 0.2) is 146 Å². The predicted octanol–water partition coefficient (Wildman–Crippen LogP) is 14.5. The Labute approximate surface area is 359 Å². The zero-order valence-corrected chi connectivity index (χ0v) is 36.9. The Morgan fingerprint density at radius 2 is 0.780 bits per heavy atom. The van der Waals surface area contributed by atoms with Gasteiger partial charge in [0.15, 0.2) is 6.10 Å². The van der Waals surface area contributed by atoms with E-state index in [0.29, 0.717) is 25.7 Å². The summed E-state index contributed by atoms with van der Waals surface area (Å²) >= 11 is 0. The van der Waals surface area contributed by atoms with Gasteiger partial charge in [-0.1, -0.05) is 205 Å². The summed E-state index contributed by atoms with van der Waals surface area (Å²) in [6.45, 7) is 6.14. The number of carbonyl (C=O) groups excluding carboxylic acids is 3. The van der Waals surface area contributed by atoms with Gasteiger partial charge in [-0.05, 0) is 70.6 Å². The Hall–Kier alpha value is -4.71. The molecule has 0 radical (unpaired) electrons. The second-order valence-corrected chi connectivity index (χ2v) is 14.1. The summed E-state index contributed by atoms with van der Waals surface area (Å²) in [7, 11) is 0. The number of hydrogen-bond acceptors (Lipinski definition) is 6. The smallest absolute Gasteiger partial charge is 0.306 e. The molecule has 0 saturated heterocycles. The highest BCUT2D eigenvalue weighted by Gasteiger charge is 2.19. The number of rotatable bonds is 37. The summed E-state index contributed by atoms with van der Waals surface area (Å²) < 4.78 is 16.5. The molecular weight excluding hydrogens is 733 g/mol. The first kappa shape index (κ1) is 54.3. The molecule has 1 atom stereocenters. The van der Waals surface area contributed by atoms with Crippen molar-refractivity contribution in [3.8, 4) is 0 Å². The van der Waals surface area contributed by atoms with Crippen LogP contribution in [0.4, 0.5) is 0 Å². The monoisotopic (exact) mass is 811 g/mol. The largest absolute Gasteiger partial charge is 0.462 e. The molecule has 0 aliphatic heterocycles. The minimum absolute atomic E-state index is 0.153. The number of esters is 3. The molecule has 0 fully saturated rings. The van der Waals surface area contributed by atoms with E-state index in [9.17, 15) is 14.4 Å². The lowest BCUT2D eigenvalue weighted by Crippen LogP contribution is -2.30. The van der Waals surface area contributed by atoms with Gasteiger partial charge in [0.2, 0.25) is 0 Å². The van der Waals surface area contributed by atoms with Gasteiger partial charge < -0.3 is 14.2 Å². The van der Waals surface area contributed by atoms with Crippen LogP contribution in [0.25, 0.3) is 0 Å². The Balaban J connectivity index is 4.69. The normalized spacial score (nSPS) is 13.5. The van der Waals surface area contributed by atoms with Crippen LogP contribution in [0.5, 0.6) is 0 Å². The van der Waals surface area contributed by atoms with Gasteiger partial charge in [0.25, 0.3) is 0 Å². The van der Waals surface area contributed by atoms with E-state index in [1.54, 1.807) is 0 Å². The molecule has 0 rings (SSSR count). The van der Waals surface area contributed by atoms with Gasteiger partial charge in [0.1, 0.15) is 13.2 Å². The van der Waals surface area contributed by atoms with E-state index in [4.69, 9.17) is 14.2 Å². The van der Waals surface area contributed by atoms with E-state index in [1.807, 2.05) is 109 Å². The first-order valence-corrected chi connectivity index (χ1v) is 22.5. The van der Waals surface area contributed by atoms with Crippen molar-refractivity contribution < 1.29 is 28.6 Å². The highest BCUT2D eigenvalue weighted by atomic mass is 16.6. The molecule has 59 heavy (non-hydrogen) atoms. The molecule has 326 valence electrons. The first-order valence-electron chi connectivity index (χ1n) is 22.5. The molecule has 6 heteroatoms. The van der Waals surface area contributed by atoms with Crippen LogP contribution in [0.2, 0.25) is 0 Å². The van der Waals surface area contributed by atoms with Crippen molar-refractivity contribution in [3.63, 3.8) is 0 Å². The van der Waals surface area contributed by atoms with Crippen LogP contribution in [-0.2, 0) is 28.6 Å². The van der Waals surface area contributed by atoms with Gasteiger partial charge in [-0.3, -0.25) is 14.4 Å². The number of unbranched alkanes of at least 4 members (excludes halogenated alkanes) is 10. The molecule has 0 aromatic rings. The van der Waals surface area contributed by atoms with Crippen LogP contribution in [0, 0.1) is 0 Å². The minimum Gasteiger partial charge on any atom is -0.462 e. The van der Waals surface area contributed by atoms with E-state index >= 15 is 0 Å². The van der Waals surface area contributed by atoms with Gasteiger partial charge in [-0.15, -0.1) is 0 Å². The van der Waals surface area contributed by atoms with Crippen molar-refractivity contribution in [1.82, 2.24) is 0 Å². The molecule has 0 aromatic carbocycles. The summed E-state index contributed by atoms with van der Waals surface area (Å²) in [5, 5.41) is 0. The molecule has 0 saturated carbocycles. The first-order chi connectivity index (χ1) is 29.0. The fourth-order valence-electron chi connectivity index (χ4n) is 5.25. The maximum Gasteiger partial charge on any atom is 0.306 e. The van der Waals surface area contributed by atoms with Crippen molar-refractivity contribution in [1.29, 1.82) is 0 Å². The second kappa shape index (κ2) is 46.0.